The molecule has 0 bridgehead atoms. The highest BCUT2D eigenvalue weighted by Gasteiger charge is 2.16. The average Bonchev–Trinajstić information content (AvgIpc) is 3.23. The maximum Gasteiger partial charge on any atom is 0.234 e. The van der Waals surface area contributed by atoms with Crippen LogP contribution in [0.15, 0.2) is 56.7 Å². The summed E-state index contributed by atoms with van der Waals surface area (Å²) in [4.78, 5) is 12.1. The third-order valence-electron chi connectivity index (χ3n) is 3.25. The van der Waals surface area contributed by atoms with E-state index in [2.05, 4.69) is 31.4 Å². The van der Waals surface area contributed by atoms with E-state index in [1.165, 1.54) is 11.8 Å². The van der Waals surface area contributed by atoms with Crippen LogP contribution in [0, 0.1) is 0 Å². The van der Waals surface area contributed by atoms with E-state index in [1.807, 2.05) is 47.9 Å². The van der Waals surface area contributed by atoms with Gasteiger partial charge >= 0.3 is 0 Å². The van der Waals surface area contributed by atoms with Gasteiger partial charge in [0.1, 0.15) is 0 Å². The van der Waals surface area contributed by atoms with Crippen LogP contribution in [-0.2, 0) is 11.3 Å². The molecule has 8 heteroatoms. The summed E-state index contributed by atoms with van der Waals surface area (Å²) in [7, 11) is 0. The molecule has 0 saturated carbocycles. The number of aromatic nitrogens is 3. The molecule has 3 rings (SSSR count). The molecule has 2 heterocycles. The fourth-order valence-corrected chi connectivity index (χ4v) is 3.33. The van der Waals surface area contributed by atoms with Crippen LogP contribution in [0.3, 0.4) is 0 Å². The van der Waals surface area contributed by atoms with Gasteiger partial charge in [-0.15, -0.1) is 10.2 Å². The first kappa shape index (κ1) is 16.8. The molecule has 0 saturated heterocycles. The molecular weight excluding hydrogens is 392 g/mol. The number of anilines is 1. The smallest absolute Gasteiger partial charge is 0.234 e. The zero-order chi connectivity index (χ0) is 16.9. The third-order valence-corrected chi connectivity index (χ3v) is 4.91. The van der Waals surface area contributed by atoms with E-state index in [9.17, 15) is 4.79 Å². The van der Waals surface area contributed by atoms with Crippen LogP contribution in [0.2, 0.25) is 0 Å². The van der Waals surface area contributed by atoms with E-state index in [0.717, 1.165) is 10.2 Å². The molecule has 24 heavy (non-hydrogen) atoms. The Morgan fingerprint density at radius 2 is 2.12 bits per heavy atom. The first-order valence-corrected chi connectivity index (χ1v) is 9.11. The summed E-state index contributed by atoms with van der Waals surface area (Å²) in [5.74, 6) is 1.47. The lowest BCUT2D eigenvalue weighted by molar-refractivity contribution is -0.113. The second-order valence-electron chi connectivity index (χ2n) is 4.84. The number of rotatable bonds is 6. The van der Waals surface area contributed by atoms with Crippen molar-refractivity contribution >= 4 is 39.3 Å². The first-order valence-electron chi connectivity index (χ1n) is 7.33. The van der Waals surface area contributed by atoms with Crippen molar-refractivity contribution in [2.75, 3.05) is 11.1 Å². The zero-order valence-corrected chi connectivity index (χ0v) is 15.3. The lowest BCUT2D eigenvalue weighted by atomic mass is 10.3. The van der Waals surface area contributed by atoms with E-state index >= 15 is 0 Å². The predicted molar refractivity (Wildman–Crippen MR) is 96.9 cm³/mol. The lowest BCUT2D eigenvalue weighted by Crippen LogP contribution is -2.15. The van der Waals surface area contributed by atoms with Gasteiger partial charge in [-0.3, -0.25) is 9.36 Å². The molecule has 2 aromatic heterocycles. The van der Waals surface area contributed by atoms with Crippen LogP contribution in [0.1, 0.15) is 6.92 Å². The minimum Gasteiger partial charge on any atom is -0.461 e. The number of nitrogens with one attached hydrogen (secondary N) is 1. The maximum atomic E-state index is 12.1. The van der Waals surface area contributed by atoms with Gasteiger partial charge in [-0.2, -0.15) is 0 Å². The number of furan rings is 1. The monoisotopic (exact) mass is 406 g/mol. The number of halogens is 1. The molecule has 0 unspecified atom stereocenters. The topological polar surface area (TPSA) is 73.0 Å². The fourth-order valence-electron chi connectivity index (χ4n) is 2.15. The van der Waals surface area contributed by atoms with E-state index in [4.69, 9.17) is 4.42 Å². The van der Waals surface area contributed by atoms with Crippen molar-refractivity contribution in [3.05, 3.63) is 47.1 Å². The van der Waals surface area contributed by atoms with Crippen LogP contribution in [0.25, 0.3) is 11.6 Å². The van der Waals surface area contributed by atoms with Crippen molar-refractivity contribution in [3.63, 3.8) is 0 Å². The molecule has 0 aliphatic heterocycles. The molecule has 0 radical (unpaired) electrons. The molecule has 0 aliphatic carbocycles. The van der Waals surface area contributed by atoms with E-state index in [1.54, 1.807) is 6.26 Å². The molecule has 3 aromatic rings. The van der Waals surface area contributed by atoms with E-state index in [0.29, 0.717) is 23.3 Å². The van der Waals surface area contributed by atoms with Crippen molar-refractivity contribution in [1.29, 1.82) is 0 Å². The normalized spacial score (nSPS) is 10.8. The fraction of sp³-hybridized carbons (Fsp3) is 0.188. The number of nitrogens with zero attached hydrogens (tertiary/aromatic N) is 3. The van der Waals surface area contributed by atoms with Crippen LogP contribution in [0.4, 0.5) is 5.69 Å². The van der Waals surface area contributed by atoms with Gasteiger partial charge in [-0.1, -0.05) is 23.9 Å². The predicted octanol–water partition coefficient (Wildman–Crippen LogP) is 4.05. The number of carbonyl (C=O) groups excluding carboxylic acids is 1. The molecular formula is C16H15BrN4O2S. The third kappa shape index (κ3) is 3.70. The number of thioether (sulfide) groups is 1. The highest BCUT2D eigenvalue weighted by Crippen LogP contribution is 2.25. The van der Waals surface area contributed by atoms with Crippen LogP contribution >= 0.6 is 27.7 Å². The number of benzene rings is 1. The first-order chi connectivity index (χ1) is 11.7. The van der Waals surface area contributed by atoms with Crippen molar-refractivity contribution in [2.45, 2.75) is 18.6 Å². The molecule has 1 N–H and O–H groups in total. The second-order valence-corrected chi connectivity index (χ2v) is 6.64. The molecule has 0 aliphatic rings. The molecule has 6 nitrogen and oxygen atoms in total. The second kappa shape index (κ2) is 7.67. The minimum absolute atomic E-state index is 0.0999. The van der Waals surface area contributed by atoms with Crippen LogP contribution < -0.4 is 5.32 Å². The Bertz CT molecular complexity index is 832. The molecule has 0 atom stereocenters. The molecule has 0 spiro atoms. The highest BCUT2D eigenvalue weighted by atomic mass is 79.9. The Balaban J connectivity index is 1.67. The van der Waals surface area contributed by atoms with Gasteiger partial charge in [0.05, 0.1) is 17.7 Å². The van der Waals surface area contributed by atoms with Gasteiger partial charge in [0.25, 0.3) is 0 Å². The van der Waals surface area contributed by atoms with Crippen LogP contribution in [0.5, 0.6) is 0 Å². The summed E-state index contributed by atoms with van der Waals surface area (Å²) in [5.41, 5.74) is 0.747. The number of hydrogen-bond acceptors (Lipinski definition) is 5. The maximum absolute atomic E-state index is 12.1. The molecule has 124 valence electrons. The number of amides is 1. The summed E-state index contributed by atoms with van der Waals surface area (Å²) in [6.07, 6.45) is 1.60. The van der Waals surface area contributed by atoms with Crippen molar-refractivity contribution in [3.8, 4) is 11.6 Å². The highest BCUT2D eigenvalue weighted by molar-refractivity contribution is 9.10. The number of para-hydroxylation sites is 1. The standard InChI is InChI=1S/C16H15BrN4O2S/c1-2-21-15(13-8-5-9-23-13)19-20-16(21)24-10-14(22)18-12-7-4-3-6-11(12)17/h3-9H,2,10H2,1H3,(H,18,22). The van der Waals surface area contributed by atoms with Gasteiger partial charge in [0.15, 0.2) is 16.7 Å². The Kier molecular flexibility index (Phi) is 5.37. The summed E-state index contributed by atoms with van der Waals surface area (Å²) < 4.78 is 8.15. The van der Waals surface area contributed by atoms with Gasteiger partial charge in [-0.05, 0) is 47.1 Å². The Labute approximate surface area is 151 Å². The summed E-state index contributed by atoms with van der Waals surface area (Å²) in [6, 6.07) is 11.1. The Morgan fingerprint density at radius 1 is 1.29 bits per heavy atom. The number of carbonyl (C=O) groups is 1. The van der Waals surface area contributed by atoms with Gasteiger partial charge in [0.2, 0.25) is 5.91 Å². The lowest BCUT2D eigenvalue weighted by Gasteiger charge is -2.08. The van der Waals surface area contributed by atoms with Crippen LogP contribution in [-0.4, -0.2) is 26.4 Å². The van der Waals surface area contributed by atoms with Gasteiger partial charge < -0.3 is 9.73 Å². The summed E-state index contributed by atoms with van der Waals surface area (Å²) >= 11 is 4.75. The Hall–Kier alpha value is -2.06. The average molecular weight is 407 g/mol. The largest absolute Gasteiger partial charge is 0.461 e. The molecule has 0 fully saturated rings. The summed E-state index contributed by atoms with van der Waals surface area (Å²) in [5, 5.41) is 11.9. The minimum atomic E-state index is -0.0999. The zero-order valence-electron chi connectivity index (χ0n) is 12.9. The van der Waals surface area contributed by atoms with Gasteiger partial charge in [-0.25, -0.2) is 0 Å². The number of hydrogen-bond donors (Lipinski definition) is 1. The molecule has 1 amide bonds. The van der Waals surface area contributed by atoms with E-state index in [-0.39, 0.29) is 11.7 Å². The SMILES string of the molecule is CCn1c(SCC(=O)Nc2ccccc2Br)nnc1-c1ccco1. The van der Waals surface area contributed by atoms with Crippen molar-refractivity contribution in [1.82, 2.24) is 14.8 Å². The van der Waals surface area contributed by atoms with E-state index < -0.39 is 0 Å². The Morgan fingerprint density at radius 3 is 2.83 bits per heavy atom. The quantitative estimate of drug-likeness (QED) is 0.624. The molecule has 1 aromatic carbocycles. The summed E-state index contributed by atoms with van der Waals surface area (Å²) in [6.45, 7) is 2.69. The van der Waals surface area contributed by atoms with Gasteiger partial charge in [0, 0.05) is 11.0 Å². The van der Waals surface area contributed by atoms with Crippen molar-refractivity contribution < 1.29 is 9.21 Å². The van der Waals surface area contributed by atoms with Crippen molar-refractivity contribution in [2.24, 2.45) is 0 Å².